The van der Waals surface area contributed by atoms with Crippen LogP contribution in [0.2, 0.25) is 5.02 Å². The average Bonchev–Trinajstić information content (AvgIpc) is 3.47. The van der Waals surface area contributed by atoms with Crippen molar-refractivity contribution in [3.8, 4) is 5.69 Å². The molecule has 0 amide bonds. The third-order valence-corrected chi connectivity index (χ3v) is 7.08. The molecule has 6 nitrogen and oxygen atoms in total. The van der Waals surface area contributed by atoms with Crippen molar-refractivity contribution in [2.24, 2.45) is 0 Å². The summed E-state index contributed by atoms with van der Waals surface area (Å²) in [6, 6.07) is 14.6. The maximum Gasteiger partial charge on any atom is 0.170 e. The third kappa shape index (κ3) is 4.81. The smallest absolute Gasteiger partial charge is 0.170 e. The number of nitrogens with one attached hydrogen (secondary N) is 1. The molecule has 0 aliphatic carbocycles. The van der Waals surface area contributed by atoms with Gasteiger partial charge in [-0.2, -0.15) is 0 Å². The molecular formula is C25H27ClFN5OS. The maximum absolute atomic E-state index is 13.8. The highest BCUT2D eigenvalue weighted by Gasteiger charge is 2.41. The molecule has 3 aromatic rings. The first-order valence-corrected chi connectivity index (χ1v) is 12.3. The third-order valence-electron chi connectivity index (χ3n) is 6.44. The van der Waals surface area contributed by atoms with Gasteiger partial charge in [0.15, 0.2) is 5.11 Å². The van der Waals surface area contributed by atoms with Crippen LogP contribution in [0.4, 0.5) is 4.39 Å². The van der Waals surface area contributed by atoms with Gasteiger partial charge in [-0.3, -0.25) is 9.88 Å². The molecule has 2 fully saturated rings. The van der Waals surface area contributed by atoms with E-state index in [1.807, 2.05) is 30.5 Å². The molecule has 0 unspecified atom stereocenters. The van der Waals surface area contributed by atoms with Gasteiger partial charge in [0.2, 0.25) is 0 Å². The molecule has 2 atom stereocenters. The van der Waals surface area contributed by atoms with Crippen molar-refractivity contribution in [3.63, 3.8) is 0 Å². The van der Waals surface area contributed by atoms with E-state index >= 15 is 0 Å². The zero-order valence-electron chi connectivity index (χ0n) is 18.7. The fourth-order valence-corrected chi connectivity index (χ4v) is 5.27. The van der Waals surface area contributed by atoms with E-state index in [9.17, 15) is 4.39 Å². The number of hydrogen-bond acceptors (Lipinski definition) is 4. The van der Waals surface area contributed by atoms with Crippen molar-refractivity contribution < 1.29 is 9.13 Å². The summed E-state index contributed by atoms with van der Waals surface area (Å²) in [5.41, 5.74) is 2.77. The molecule has 2 aliphatic heterocycles. The van der Waals surface area contributed by atoms with E-state index in [0.717, 1.165) is 62.9 Å². The second-order valence-corrected chi connectivity index (χ2v) is 9.32. The predicted molar refractivity (Wildman–Crippen MR) is 135 cm³/mol. The van der Waals surface area contributed by atoms with E-state index < -0.39 is 5.82 Å². The molecule has 178 valence electrons. The number of ether oxygens (including phenoxy) is 1. The van der Waals surface area contributed by atoms with Gasteiger partial charge in [0, 0.05) is 50.0 Å². The van der Waals surface area contributed by atoms with Gasteiger partial charge >= 0.3 is 0 Å². The van der Waals surface area contributed by atoms with Gasteiger partial charge < -0.3 is 19.5 Å². The molecule has 2 saturated heterocycles. The molecular weight excluding hydrogens is 473 g/mol. The number of aromatic nitrogens is 2. The van der Waals surface area contributed by atoms with Crippen LogP contribution in [0.15, 0.2) is 60.9 Å². The van der Waals surface area contributed by atoms with Crippen molar-refractivity contribution in [1.29, 1.82) is 0 Å². The number of hydrogen-bond donors (Lipinski definition) is 1. The van der Waals surface area contributed by atoms with Gasteiger partial charge in [-0.15, -0.1) is 0 Å². The van der Waals surface area contributed by atoms with Gasteiger partial charge in [0.05, 0.1) is 36.0 Å². The van der Waals surface area contributed by atoms with E-state index in [2.05, 4.69) is 30.7 Å². The first-order chi connectivity index (χ1) is 16.6. The lowest BCUT2D eigenvalue weighted by atomic mass is 10.0. The highest BCUT2D eigenvalue weighted by molar-refractivity contribution is 7.80. The summed E-state index contributed by atoms with van der Waals surface area (Å²) in [5, 5.41) is 4.32. The minimum atomic E-state index is -0.432. The molecule has 1 N–H and O–H groups in total. The molecule has 0 bridgehead atoms. The number of halogens is 2. The van der Waals surface area contributed by atoms with Crippen LogP contribution in [0.1, 0.15) is 29.9 Å². The van der Waals surface area contributed by atoms with E-state index in [1.54, 1.807) is 18.3 Å². The molecule has 0 radical (unpaired) electrons. The molecule has 0 saturated carbocycles. The van der Waals surface area contributed by atoms with Gasteiger partial charge in [0.1, 0.15) is 5.82 Å². The quantitative estimate of drug-likeness (QED) is 0.487. The Kier molecular flexibility index (Phi) is 7.10. The van der Waals surface area contributed by atoms with Crippen LogP contribution in [0.5, 0.6) is 0 Å². The van der Waals surface area contributed by atoms with Gasteiger partial charge in [-0.25, -0.2) is 4.39 Å². The lowest BCUT2D eigenvalue weighted by molar-refractivity contribution is 0.0365. The highest BCUT2D eigenvalue weighted by atomic mass is 35.5. The van der Waals surface area contributed by atoms with Crippen molar-refractivity contribution in [3.05, 3.63) is 83.2 Å². The molecule has 2 aromatic heterocycles. The second kappa shape index (κ2) is 10.4. The minimum absolute atomic E-state index is 0.0779. The van der Waals surface area contributed by atoms with Gasteiger partial charge in [-0.1, -0.05) is 17.7 Å². The number of thiocarbonyl (C=S) groups is 1. The zero-order chi connectivity index (χ0) is 23.5. The van der Waals surface area contributed by atoms with E-state index in [4.69, 9.17) is 28.6 Å². The van der Waals surface area contributed by atoms with Crippen molar-refractivity contribution in [1.82, 2.24) is 24.7 Å². The van der Waals surface area contributed by atoms with Gasteiger partial charge in [-0.05, 0) is 61.1 Å². The van der Waals surface area contributed by atoms with Gasteiger partial charge in [0.25, 0.3) is 0 Å². The number of benzene rings is 1. The number of rotatable bonds is 7. The Morgan fingerprint density at radius 3 is 2.74 bits per heavy atom. The molecule has 4 heterocycles. The summed E-state index contributed by atoms with van der Waals surface area (Å²) >= 11 is 11.9. The molecule has 1 aromatic carbocycles. The molecule has 0 spiro atoms. The summed E-state index contributed by atoms with van der Waals surface area (Å²) in [6.45, 7) is 5.34. The molecule has 9 heteroatoms. The number of morpholine rings is 1. The molecule has 5 rings (SSSR count). The van der Waals surface area contributed by atoms with Crippen molar-refractivity contribution in [2.75, 3.05) is 39.4 Å². The first-order valence-electron chi connectivity index (χ1n) is 11.5. The maximum atomic E-state index is 13.8. The zero-order valence-corrected chi connectivity index (χ0v) is 20.3. The molecule has 34 heavy (non-hydrogen) atoms. The summed E-state index contributed by atoms with van der Waals surface area (Å²) < 4.78 is 21.4. The number of nitrogens with zero attached hydrogens (tertiary/aromatic N) is 4. The van der Waals surface area contributed by atoms with Crippen LogP contribution in [-0.4, -0.2) is 63.9 Å². The van der Waals surface area contributed by atoms with Crippen molar-refractivity contribution in [2.45, 2.75) is 18.5 Å². The minimum Gasteiger partial charge on any atom is -0.379 e. The monoisotopic (exact) mass is 499 g/mol. The predicted octanol–water partition coefficient (Wildman–Crippen LogP) is 4.36. The Balaban J connectivity index is 1.45. The van der Waals surface area contributed by atoms with E-state index in [1.165, 1.54) is 6.07 Å². The Morgan fingerprint density at radius 2 is 1.97 bits per heavy atom. The topological polar surface area (TPSA) is 45.6 Å². The Labute approximate surface area is 209 Å². The highest BCUT2D eigenvalue weighted by Crippen LogP contribution is 2.39. The summed E-state index contributed by atoms with van der Waals surface area (Å²) in [7, 11) is 0. The standard InChI is InChI=1S/C25H27ClFN5OS/c26-19-17-18(7-8-20(19)27)31-11-3-6-22(31)24-23(21-5-1-2-9-28-21)29-25(34)32(24)12-4-10-30-13-15-33-16-14-30/h1-3,5-9,11,17,23-24H,4,10,12-16H2,(H,29,34)/t23-,24+/m0/s1. The summed E-state index contributed by atoms with van der Waals surface area (Å²) in [6.07, 6.45) is 4.76. The van der Waals surface area contributed by atoms with Crippen LogP contribution in [0, 0.1) is 5.82 Å². The fourth-order valence-electron chi connectivity index (χ4n) is 4.76. The van der Waals surface area contributed by atoms with Crippen LogP contribution in [0.25, 0.3) is 5.69 Å². The van der Waals surface area contributed by atoms with E-state index in [0.29, 0.717) is 5.11 Å². The number of pyridine rings is 1. The average molecular weight is 500 g/mol. The normalized spacial score (nSPS) is 21.1. The Morgan fingerprint density at radius 1 is 1.12 bits per heavy atom. The van der Waals surface area contributed by atoms with Crippen LogP contribution >= 0.6 is 23.8 Å². The fraction of sp³-hybridized carbons (Fsp3) is 0.360. The van der Waals surface area contributed by atoms with Crippen molar-refractivity contribution >= 4 is 28.9 Å². The Hall–Kier alpha value is -2.52. The first kappa shape index (κ1) is 23.2. The summed E-state index contributed by atoms with van der Waals surface area (Å²) in [4.78, 5) is 9.31. The summed E-state index contributed by atoms with van der Waals surface area (Å²) in [5.74, 6) is -0.432. The lowest BCUT2D eigenvalue weighted by Gasteiger charge is -2.31. The van der Waals surface area contributed by atoms with Crippen LogP contribution in [-0.2, 0) is 4.74 Å². The molecule has 2 aliphatic rings. The van der Waals surface area contributed by atoms with Crippen LogP contribution < -0.4 is 5.32 Å². The SMILES string of the molecule is Fc1ccc(-n2cccc2[C@@H]2[C@H](c3ccccn3)NC(=S)N2CCCN2CCOCC2)cc1Cl. The lowest BCUT2D eigenvalue weighted by Crippen LogP contribution is -2.39. The second-order valence-electron chi connectivity index (χ2n) is 8.53. The van der Waals surface area contributed by atoms with Crippen LogP contribution in [0.3, 0.4) is 0 Å². The largest absolute Gasteiger partial charge is 0.379 e. The Bertz CT molecular complexity index is 1140. The van der Waals surface area contributed by atoms with E-state index in [-0.39, 0.29) is 17.1 Å².